The summed E-state index contributed by atoms with van der Waals surface area (Å²) in [5.74, 6) is 0.305. The van der Waals surface area contributed by atoms with Gasteiger partial charge in [0.05, 0.1) is 19.6 Å². The lowest BCUT2D eigenvalue weighted by Gasteiger charge is -2.23. The molecule has 1 aliphatic carbocycles. The van der Waals surface area contributed by atoms with Gasteiger partial charge in [0, 0.05) is 25.3 Å². The molecule has 2 aromatic rings. The van der Waals surface area contributed by atoms with Crippen LogP contribution in [0.4, 0.5) is 5.69 Å². The van der Waals surface area contributed by atoms with Crippen molar-refractivity contribution >= 4 is 17.5 Å². The summed E-state index contributed by atoms with van der Waals surface area (Å²) in [6.45, 7) is 1.57. The normalized spacial score (nSPS) is 13.2. The van der Waals surface area contributed by atoms with Crippen LogP contribution in [0, 0.1) is 5.92 Å². The molecule has 27 heavy (non-hydrogen) atoms. The third-order valence-electron chi connectivity index (χ3n) is 4.62. The molecule has 0 heterocycles. The lowest BCUT2D eigenvalue weighted by Crippen LogP contribution is -2.31. The van der Waals surface area contributed by atoms with E-state index in [0.717, 1.165) is 29.7 Å². The molecule has 5 heteroatoms. The molecule has 0 bridgehead atoms. The predicted molar refractivity (Wildman–Crippen MR) is 105 cm³/mol. The van der Waals surface area contributed by atoms with Crippen molar-refractivity contribution in [2.24, 2.45) is 5.92 Å². The van der Waals surface area contributed by atoms with Crippen molar-refractivity contribution in [3.63, 3.8) is 0 Å². The number of carbonyl (C=O) groups is 2. The predicted octanol–water partition coefficient (Wildman–Crippen LogP) is 2.93. The molecule has 0 spiro atoms. The van der Waals surface area contributed by atoms with Crippen LogP contribution in [0.5, 0.6) is 0 Å². The first kappa shape index (κ1) is 19.1. The van der Waals surface area contributed by atoms with Gasteiger partial charge in [-0.3, -0.25) is 9.59 Å². The van der Waals surface area contributed by atoms with Crippen molar-refractivity contribution in [2.45, 2.75) is 25.8 Å². The van der Waals surface area contributed by atoms with Crippen molar-refractivity contribution in [1.82, 2.24) is 5.32 Å². The van der Waals surface area contributed by atoms with E-state index in [1.54, 1.807) is 7.11 Å². The minimum Gasteiger partial charge on any atom is -0.383 e. The van der Waals surface area contributed by atoms with Gasteiger partial charge in [0.25, 0.3) is 0 Å². The summed E-state index contributed by atoms with van der Waals surface area (Å²) in [7, 11) is 1.61. The van der Waals surface area contributed by atoms with Gasteiger partial charge < -0.3 is 15.0 Å². The lowest BCUT2D eigenvalue weighted by molar-refractivity contribution is -0.121. The quantitative estimate of drug-likeness (QED) is 0.694. The minimum absolute atomic E-state index is 0.0324. The molecule has 0 unspecified atom stereocenters. The average Bonchev–Trinajstić information content (AvgIpc) is 3.53. The number of ether oxygens (including phenoxy) is 1. The highest BCUT2D eigenvalue weighted by atomic mass is 16.5. The van der Waals surface area contributed by atoms with Crippen molar-refractivity contribution in [1.29, 1.82) is 0 Å². The fourth-order valence-electron chi connectivity index (χ4n) is 2.95. The average molecular weight is 366 g/mol. The number of anilines is 1. The fourth-order valence-corrected chi connectivity index (χ4v) is 2.95. The molecule has 0 atom stereocenters. The van der Waals surface area contributed by atoms with E-state index in [1.165, 1.54) is 0 Å². The number of nitrogens with one attached hydrogen (secondary N) is 1. The molecule has 1 N–H and O–H groups in total. The number of rotatable bonds is 9. The summed E-state index contributed by atoms with van der Waals surface area (Å²) in [5, 5.41) is 2.82. The van der Waals surface area contributed by atoms with E-state index < -0.39 is 0 Å². The number of benzene rings is 2. The van der Waals surface area contributed by atoms with Gasteiger partial charge in [-0.05, 0) is 36.1 Å². The first-order valence-electron chi connectivity index (χ1n) is 9.37. The zero-order valence-electron chi connectivity index (χ0n) is 15.7. The maximum atomic E-state index is 12.8. The van der Waals surface area contributed by atoms with Crippen molar-refractivity contribution < 1.29 is 14.3 Å². The van der Waals surface area contributed by atoms with Gasteiger partial charge in [-0.15, -0.1) is 0 Å². The molecule has 2 amide bonds. The van der Waals surface area contributed by atoms with Crippen LogP contribution in [0.2, 0.25) is 0 Å². The van der Waals surface area contributed by atoms with Crippen LogP contribution in [-0.2, 0) is 27.3 Å². The number of carbonyl (C=O) groups excluding carboxylic acids is 2. The van der Waals surface area contributed by atoms with Crippen LogP contribution >= 0.6 is 0 Å². The first-order valence-corrected chi connectivity index (χ1v) is 9.37. The Morgan fingerprint density at radius 1 is 1.04 bits per heavy atom. The summed E-state index contributed by atoms with van der Waals surface area (Å²) in [6, 6.07) is 17.7. The van der Waals surface area contributed by atoms with Gasteiger partial charge in [0.1, 0.15) is 0 Å². The van der Waals surface area contributed by atoms with Crippen molar-refractivity contribution in [2.75, 3.05) is 25.2 Å². The van der Waals surface area contributed by atoms with Gasteiger partial charge in [-0.1, -0.05) is 42.5 Å². The second-order valence-electron chi connectivity index (χ2n) is 6.87. The zero-order valence-corrected chi connectivity index (χ0v) is 15.7. The van der Waals surface area contributed by atoms with E-state index in [2.05, 4.69) is 5.32 Å². The molecule has 5 nitrogen and oxygen atoms in total. The van der Waals surface area contributed by atoms with Crippen LogP contribution < -0.4 is 10.2 Å². The molecule has 1 aliphatic rings. The second kappa shape index (κ2) is 9.33. The smallest absolute Gasteiger partial charge is 0.230 e. The number of hydrogen-bond donors (Lipinski definition) is 1. The Labute approximate surface area is 160 Å². The molecule has 1 fully saturated rings. The van der Waals surface area contributed by atoms with E-state index in [1.807, 2.05) is 59.5 Å². The van der Waals surface area contributed by atoms with Gasteiger partial charge >= 0.3 is 0 Å². The molecule has 0 aliphatic heterocycles. The van der Waals surface area contributed by atoms with E-state index in [4.69, 9.17) is 4.74 Å². The number of nitrogens with zero attached hydrogens (tertiary/aromatic N) is 1. The van der Waals surface area contributed by atoms with Crippen molar-refractivity contribution in [3.05, 3.63) is 65.7 Å². The maximum absolute atomic E-state index is 12.8. The van der Waals surface area contributed by atoms with Crippen LogP contribution in [-0.4, -0.2) is 32.1 Å². The SMILES string of the molecule is COCCNC(=O)Cc1ccc(N(Cc2ccccc2)C(=O)C2CC2)cc1. The van der Waals surface area contributed by atoms with Crippen LogP contribution in [0.1, 0.15) is 24.0 Å². The van der Waals surface area contributed by atoms with Gasteiger partial charge in [-0.2, -0.15) is 0 Å². The highest BCUT2D eigenvalue weighted by Crippen LogP contribution is 2.33. The summed E-state index contributed by atoms with van der Waals surface area (Å²) >= 11 is 0. The Kier molecular flexibility index (Phi) is 6.60. The molecule has 0 saturated heterocycles. The van der Waals surface area contributed by atoms with E-state index >= 15 is 0 Å². The molecule has 0 radical (unpaired) electrons. The zero-order chi connectivity index (χ0) is 19.1. The minimum atomic E-state index is -0.0324. The van der Waals surface area contributed by atoms with Crippen LogP contribution in [0.15, 0.2) is 54.6 Å². The number of amides is 2. The third kappa shape index (κ3) is 5.66. The van der Waals surface area contributed by atoms with Gasteiger partial charge in [-0.25, -0.2) is 0 Å². The van der Waals surface area contributed by atoms with Gasteiger partial charge in [0.2, 0.25) is 11.8 Å². The van der Waals surface area contributed by atoms with E-state index in [9.17, 15) is 9.59 Å². The molecule has 142 valence electrons. The lowest BCUT2D eigenvalue weighted by atomic mass is 10.1. The highest BCUT2D eigenvalue weighted by molar-refractivity contribution is 5.96. The Bertz CT molecular complexity index is 755. The van der Waals surface area contributed by atoms with Gasteiger partial charge in [0.15, 0.2) is 0 Å². The number of methoxy groups -OCH3 is 1. The third-order valence-corrected chi connectivity index (χ3v) is 4.62. The summed E-state index contributed by atoms with van der Waals surface area (Å²) in [4.78, 5) is 26.5. The molecular weight excluding hydrogens is 340 g/mol. The van der Waals surface area contributed by atoms with E-state index in [-0.39, 0.29) is 17.7 Å². The summed E-state index contributed by atoms with van der Waals surface area (Å²) < 4.78 is 4.93. The van der Waals surface area contributed by atoms with E-state index in [0.29, 0.717) is 26.1 Å². The summed E-state index contributed by atoms with van der Waals surface area (Å²) in [6.07, 6.45) is 2.27. The standard InChI is InChI=1S/C22H26N2O3/c1-27-14-13-23-21(25)15-17-7-11-20(12-8-17)24(22(26)19-9-10-19)16-18-5-3-2-4-6-18/h2-8,11-12,19H,9-10,13-16H2,1H3,(H,23,25). The Morgan fingerprint density at radius 3 is 2.37 bits per heavy atom. The first-order chi connectivity index (χ1) is 13.2. The second-order valence-corrected chi connectivity index (χ2v) is 6.87. The highest BCUT2D eigenvalue weighted by Gasteiger charge is 2.34. The van der Waals surface area contributed by atoms with Crippen molar-refractivity contribution in [3.8, 4) is 0 Å². The Balaban J connectivity index is 1.67. The summed E-state index contributed by atoms with van der Waals surface area (Å²) in [5.41, 5.74) is 2.90. The maximum Gasteiger partial charge on any atom is 0.230 e. The molecule has 2 aromatic carbocycles. The number of hydrogen-bond acceptors (Lipinski definition) is 3. The monoisotopic (exact) mass is 366 g/mol. The topological polar surface area (TPSA) is 58.6 Å². The fraction of sp³-hybridized carbons (Fsp3) is 0.364. The Morgan fingerprint density at radius 2 is 1.74 bits per heavy atom. The molecular formula is C22H26N2O3. The molecule has 3 rings (SSSR count). The Hall–Kier alpha value is -2.66. The molecule has 0 aromatic heterocycles. The largest absolute Gasteiger partial charge is 0.383 e. The molecule has 1 saturated carbocycles. The van der Waals surface area contributed by atoms with Crippen LogP contribution in [0.3, 0.4) is 0 Å². The van der Waals surface area contributed by atoms with Crippen LogP contribution in [0.25, 0.3) is 0 Å².